The smallest absolute Gasteiger partial charge is 0.120 e. The molecule has 2 rings (SSSR count). The van der Waals surface area contributed by atoms with Gasteiger partial charge >= 0.3 is 0 Å². The van der Waals surface area contributed by atoms with Crippen molar-refractivity contribution >= 4 is 11.4 Å². The van der Waals surface area contributed by atoms with Crippen molar-refractivity contribution in [3.8, 4) is 5.75 Å². The van der Waals surface area contributed by atoms with Gasteiger partial charge in [0.2, 0.25) is 0 Å². The van der Waals surface area contributed by atoms with Crippen molar-refractivity contribution in [2.75, 3.05) is 19.1 Å². The Labute approximate surface area is 121 Å². The van der Waals surface area contributed by atoms with Crippen molar-refractivity contribution in [3.63, 3.8) is 0 Å². The van der Waals surface area contributed by atoms with E-state index in [1.807, 2.05) is 25.2 Å². The molecule has 0 spiro atoms. The molecule has 0 bridgehead atoms. The van der Waals surface area contributed by atoms with Crippen LogP contribution in [0.1, 0.15) is 24.9 Å². The molecule has 106 valence electrons. The van der Waals surface area contributed by atoms with E-state index in [9.17, 15) is 0 Å². The minimum Gasteiger partial charge on any atom is -0.497 e. The van der Waals surface area contributed by atoms with E-state index in [0.29, 0.717) is 0 Å². The average molecular weight is 270 g/mol. The number of ether oxygens (including phenoxy) is 1. The van der Waals surface area contributed by atoms with E-state index in [1.165, 1.54) is 5.56 Å². The number of hydrogen-bond donors (Lipinski definition) is 1. The number of nitrogens with two attached hydrogens (primary N) is 1. The van der Waals surface area contributed by atoms with Crippen LogP contribution in [0.3, 0.4) is 0 Å². The first-order chi connectivity index (χ1) is 9.65. The SMILES string of the molecule is CCC(N)c1ccc(N(C)c2cccc(OC)c2)cc1. The monoisotopic (exact) mass is 270 g/mol. The van der Waals surface area contributed by atoms with Gasteiger partial charge in [0, 0.05) is 30.5 Å². The van der Waals surface area contributed by atoms with Gasteiger partial charge in [-0.15, -0.1) is 0 Å². The van der Waals surface area contributed by atoms with E-state index in [0.717, 1.165) is 23.5 Å². The van der Waals surface area contributed by atoms with Crippen molar-refractivity contribution in [1.82, 2.24) is 0 Å². The first kappa shape index (κ1) is 14.4. The molecule has 0 radical (unpaired) electrons. The molecule has 0 fully saturated rings. The summed E-state index contributed by atoms with van der Waals surface area (Å²) in [5.74, 6) is 0.860. The summed E-state index contributed by atoms with van der Waals surface area (Å²) < 4.78 is 5.26. The van der Waals surface area contributed by atoms with Gasteiger partial charge in [0.25, 0.3) is 0 Å². The van der Waals surface area contributed by atoms with Gasteiger partial charge in [-0.05, 0) is 36.2 Å². The quantitative estimate of drug-likeness (QED) is 0.896. The first-order valence-corrected chi connectivity index (χ1v) is 6.89. The maximum Gasteiger partial charge on any atom is 0.120 e. The Balaban J connectivity index is 2.22. The van der Waals surface area contributed by atoms with Gasteiger partial charge in [-0.2, -0.15) is 0 Å². The van der Waals surface area contributed by atoms with Gasteiger partial charge in [-0.25, -0.2) is 0 Å². The predicted molar refractivity (Wildman–Crippen MR) is 84.7 cm³/mol. The molecule has 0 aliphatic heterocycles. The summed E-state index contributed by atoms with van der Waals surface area (Å²) in [6.07, 6.45) is 0.949. The molecule has 0 amide bonds. The molecule has 0 saturated carbocycles. The van der Waals surface area contributed by atoms with Gasteiger partial charge in [0.05, 0.1) is 7.11 Å². The van der Waals surface area contributed by atoms with Crippen LogP contribution < -0.4 is 15.4 Å². The van der Waals surface area contributed by atoms with E-state index in [2.05, 4.69) is 42.2 Å². The molecule has 0 saturated heterocycles. The Bertz CT molecular complexity index is 551. The molecule has 2 N–H and O–H groups in total. The van der Waals surface area contributed by atoms with Crippen LogP contribution in [-0.4, -0.2) is 14.2 Å². The lowest BCUT2D eigenvalue weighted by Gasteiger charge is -2.21. The largest absolute Gasteiger partial charge is 0.497 e. The Morgan fingerprint density at radius 3 is 2.40 bits per heavy atom. The standard InChI is InChI=1S/C17H22N2O/c1-4-17(18)13-8-10-14(11-9-13)19(2)15-6-5-7-16(12-15)20-3/h5-12,17H,4,18H2,1-3H3. The molecule has 3 heteroatoms. The summed E-state index contributed by atoms with van der Waals surface area (Å²) >= 11 is 0. The summed E-state index contributed by atoms with van der Waals surface area (Å²) in [6.45, 7) is 2.10. The highest BCUT2D eigenvalue weighted by molar-refractivity contribution is 5.64. The summed E-state index contributed by atoms with van der Waals surface area (Å²) in [4.78, 5) is 2.13. The highest BCUT2D eigenvalue weighted by Gasteiger charge is 2.07. The third-order valence-corrected chi connectivity index (χ3v) is 3.59. The number of anilines is 2. The summed E-state index contributed by atoms with van der Waals surface area (Å²) in [5.41, 5.74) is 9.44. The van der Waals surface area contributed by atoms with Crippen molar-refractivity contribution in [2.24, 2.45) is 5.73 Å². The fourth-order valence-corrected chi connectivity index (χ4v) is 2.15. The first-order valence-electron chi connectivity index (χ1n) is 6.89. The second-order valence-corrected chi connectivity index (χ2v) is 4.87. The molecular formula is C17H22N2O. The normalized spacial score (nSPS) is 12.0. The highest BCUT2D eigenvalue weighted by atomic mass is 16.5. The average Bonchev–Trinajstić information content (AvgIpc) is 2.53. The fourth-order valence-electron chi connectivity index (χ4n) is 2.15. The van der Waals surface area contributed by atoms with Crippen LogP contribution in [-0.2, 0) is 0 Å². The molecule has 0 aromatic heterocycles. The van der Waals surface area contributed by atoms with Crippen LogP contribution in [0.5, 0.6) is 5.75 Å². The van der Waals surface area contributed by atoms with Crippen LogP contribution >= 0.6 is 0 Å². The van der Waals surface area contributed by atoms with Gasteiger partial charge < -0.3 is 15.4 Å². The molecule has 1 atom stereocenters. The third kappa shape index (κ3) is 3.11. The second kappa shape index (κ2) is 6.44. The van der Waals surface area contributed by atoms with Crippen LogP contribution in [0, 0.1) is 0 Å². The lowest BCUT2D eigenvalue weighted by atomic mass is 10.1. The fraction of sp³-hybridized carbons (Fsp3) is 0.294. The molecule has 0 aliphatic carbocycles. The zero-order chi connectivity index (χ0) is 14.5. The summed E-state index contributed by atoms with van der Waals surface area (Å²) in [7, 11) is 3.73. The van der Waals surface area contributed by atoms with Crippen LogP contribution in [0.25, 0.3) is 0 Å². The minimum absolute atomic E-state index is 0.117. The molecule has 1 unspecified atom stereocenters. The van der Waals surface area contributed by atoms with Crippen molar-refractivity contribution < 1.29 is 4.74 Å². The topological polar surface area (TPSA) is 38.5 Å². The molecule has 20 heavy (non-hydrogen) atoms. The van der Waals surface area contributed by atoms with Crippen LogP contribution in [0.2, 0.25) is 0 Å². The number of hydrogen-bond acceptors (Lipinski definition) is 3. The number of benzene rings is 2. The Kier molecular flexibility index (Phi) is 4.64. The molecule has 2 aromatic carbocycles. The third-order valence-electron chi connectivity index (χ3n) is 3.59. The maximum atomic E-state index is 6.04. The second-order valence-electron chi connectivity index (χ2n) is 4.87. The maximum absolute atomic E-state index is 6.04. The van der Waals surface area contributed by atoms with Crippen molar-refractivity contribution in [1.29, 1.82) is 0 Å². The van der Waals surface area contributed by atoms with Gasteiger partial charge in [0.15, 0.2) is 0 Å². The zero-order valence-electron chi connectivity index (χ0n) is 12.3. The molecule has 0 aliphatic rings. The molecular weight excluding hydrogens is 248 g/mol. The van der Waals surface area contributed by atoms with E-state index < -0.39 is 0 Å². The van der Waals surface area contributed by atoms with Gasteiger partial charge in [-0.1, -0.05) is 25.1 Å². The van der Waals surface area contributed by atoms with E-state index >= 15 is 0 Å². The lowest BCUT2D eigenvalue weighted by Crippen LogP contribution is -2.11. The van der Waals surface area contributed by atoms with Crippen LogP contribution in [0.15, 0.2) is 48.5 Å². The summed E-state index contributed by atoms with van der Waals surface area (Å²) in [5, 5.41) is 0. The van der Waals surface area contributed by atoms with Crippen LogP contribution in [0.4, 0.5) is 11.4 Å². The van der Waals surface area contributed by atoms with Gasteiger partial charge in [0.1, 0.15) is 5.75 Å². The van der Waals surface area contributed by atoms with Gasteiger partial charge in [-0.3, -0.25) is 0 Å². The number of nitrogens with zero attached hydrogens (tertiary/aromatic N) is 1. The van der Waals surface area contributed by atoms with Crippen molar-refractivity contribution in [2.45, 2.75) is 19.4 Å². The van der Waals surface area contributed by atoms with E-state index in [4.69, 9.17) is 10.5 Å². The van der Waals surface area contributed by atoms with E-state index in [1.54, 1.807) is 7.11 Å². The highest BCUT2D eigenvalue weighted by Crippen LogP contribution is 2.27. The van der Waals surface area contributed by atoms with Crippen molar-refractivity contribution in [3.05, 3.63) is 54.1 Å². The Morgan fingerprint density at radius 2 is 1.80 bits per heavy atom. The lowest BCUT2D eigenvalue weighted by molar-refractivity contribution is 0.415. The zero-order valence-corrected chi connectivity index (χ0v) is 12.3. The predicted octanol–water partition coefficient (Wildman–Crippen LogP) is 3.87. The summed E-state index contributed by atoms with van der Waals surface area (Å²) in [6, 6.07) is 16.5. The Hall–Kier alpha value is -2.00. The molecule has 2 aromatic rings. The number of rotatable bonds is 5. The van der Waals surface area contributed by atoms with E-state index in [-0.39, 0.29) is 6.04 Å². The molecule has 0 heterocycles. The Morgan fingerprint density at radius 1 is 1.10 bits per heavy atom. The number of methoxy groups -OCH3 is 1. The molecule has 3 nitrogen and oxygen atoms in total. The minimum atomic E-state index is 0.117.